The smallest absolute Gasteiger partial charge is 0.416 e. The van der Waals surface area contributed by atoms with Crippen molar-refractivity contribution in [2.45, 2.75) is 51.2 Å². The van der Waals surface area contributed by atoms with E-state index in [1.165, 1.54) is 24.1 Å². The summed E-state index contributed by atoms with van der Waals surface area (Å²) in [6.07, 6.45) is -4.87. The third kappa shape index (κ3) is 5.74. The Hall–Kier alpha value is -2.76. The van der Waals surface area contributed by atoms with Crippen LogP contribution in [-0.4, -0.2) is 39.0 Å². The fraction of sp³-hybridized carbons (Fsp3) is 0.391. The van der Waals surface area contributed by atoms with Crippen molar-refractivity contribution in [3.63, 3.8) is 0 Å². The van der Waals surface area contributed by atoms with Gasteiger partial charge in [0.15, 0.2) is 0 Å². The van der Waals surface area contributed by atoms with Gasteiger partial charge in [-0.3, -0.25) is 9.69 Å². The number of amides is 2. The molecule has 0 saturated carbocycles. The maximum atomic E-state index is 13.3. The SMILES string of the molecule is CC(=O)N(Cc1cc(C(F)(F)F)cc(C(F)(F)F)c1)C1CC=CN(C(=O)O)C2C(C)=C(Br)C=CC21. The van der Waals surface area contributed by atoms with Crippen LogP contribution in [0.5, 0.6) is 0 Å². The molecule has 0 aromatic heterocycles. The lowest BCUT2D eigenvalue weighted by molar-refractivity contribution is -0.143. The van der Waals surface area contributed by atoms with Gasteiger partial charge in [-0.05, 0) is 42.7 Å². The molecule has 1 N–H and O–H groups in total. The minimum absolute atomic E-state index is 0.0340. The molecular formula is C23H21BrF6N2O3. The van der Waals surface area contributed by atoms with Crippen LogP contribution in [0.1, 0.15) is 37.0 Å². The second kappa shape index (κ2) is 9.71. The number of carboxylic acid groups (broad SMARTS) is 1. The molecule has 1 aromatic rings. The lowest BCUT2D eigenvalue weighted by atomic mass is 9.81. The number of hydrogen-bond acceptors (Lipinski definition) is 2. The largest absolute Gasteiger partial charge is 0.465 e. The van der Waals surface area contributed by atoms with Gasteiger partial charge in [0.05, 0.1) is 17.2 Å². The molecule has 1 aliphatic heterocycles. The number of carbonyl (C=O) groups is 2. The van der Waals surface area contributed by atoms with Crippen LogP contribution in [0.2, 0.25) is 0 Å². The zero-order valence-corrected chi connectivity index (χ0v) is 20.1. The van der Waals surface area contributed by atoms with E-state index < -0.39 is 60.0 Å². The summed E-state index contributed by atoms with van der Waals surface area (Å²) in [5, 5.41) is 9.71. The van der Waals surface area contributed by atoms with Gasteiger partial charge in [0.2, 0.25) is 5.91 Å². The first-order valence-electron chi connectivity index (χ1n) is 10.4. The zero-order chi connectivity index (χ0) is 26.3. The first-order valence-corrected chi connectivity index (χ1v) is 11.2. The van der Waals surface area contributed by atoms with Crippen LogP contribution < -0.4 is 0 Å². The standard InChI is InChI=1S/C23H21BrF6N2O3/c1-12-18(24)6-5-17-19(4-3-7-31(20(12)17)21(34)35)32(13(2)33)11-14-8-15(22(25,26)27)10-16(9-14)23(28,29)30/h3,5-10,17,19-20H,4,11H2,1-2H3,(H,34,35). The fourth-order valence-corrected chi connectivity index (χ4v) is 4.83. The second-order valence-corrected chi connectivity index (χ2v) is 9.21. The Morgan fingerprint density at radius 3 is 2.17 bits per heavy atom. The lowest BCUT2D eigenvalue weighted by Crippen LogP contribution is -2.51. The van der Waals surface area contributed by atoms with Crippen LogP contribution in [0.3, 0.4) is 0 Å². The Kier molecular flexibility index (Phi) is 7.45. The molecule has 1 aliphatic carbocycles. The summed E-state index contributed by atoms with van der Waals surface area (Å²) in [5.41, 5.74) is -2.63. The molecule has 190 valence electrons. The molecule has 2 aliphatic rings. The molecule has 35 heavy (non-hydrogen) atoms. The third-order valence-electron chi connectivity index (χ3n) is 6.06. The number of allylic oxidation sites excluding steroid dienone is 2. The first kappa shape index (κ1) is 26.8. The Morgan fingerprint density at radius 1 is 1.11 bits per heavy atom. The number of nitrogens with zero attached hydrogens (tertiary/aromatic N) is 2. The van der Waals surface area contributed by atoms with E-state index in [0.717, 1.165) is 4.90 Å². The van der Waals surface area contributed by atoms with Crippen LogP contribution in [0, 0.1) is 5.92 Å². The molecule has 1 aromatic carbocycles. The van der Waals surface area contributed by atoms with Gasteiger partial charge in [-0.2, -0.15) is 26.3 Å². The molecule has 3 rings (SSSR count). The average molecular weight is 567 g/mol. The molecular weight excluding hydrogens is 546 g/mol. The monoisotopic (exact) mass is 566 g/mol. The summed E-state index contributed by atoms with van der Waals surface area (Å²) >= 11 is 3.37. The Labute approximate surface area is 205 Å². The zero-order valence-electron chi connectivity index (χ0n) is 18.5. The van der Waals surface area contributed by atoms with Crippen LogP contribution >= 0.6 is 15.9 Å². The highest BCUT2D eigenvalue weighted by Crippen LogP contribution is 2.40. The maximum absolute atomic E-state index is 13.3. The summed E-state index contributed by atoms with van der Waals surface area (Å²) in [7, 11) is 0. The number of fused-ring (bicyclic) bond motifs is 1. The highest BCUT2D eigenvalue weighted by molar-refractivity contribution is 9.11. The quantitative estimate of drug-likeness (QED) is 0.421. The van der Waals surface area contributed by atoms with Crippen LogP contribution in [-0.2, 0) is 23.7 Å². The topological polar surface area (TPSA) is 60.9 Å². The summed E-state index contributed by atoms with van der Waals surface area (Å²) < 4.78 is 80.6. The summed E-state index contributed by atoms with van der Waals surface area (Å²) in [6.45, 7) is 2.36. The maximum Gasteiger partial charge on any atom is 0.416 e. The van der Waals surface area contributed by atoms with Crippen molar-refractivity contribution in [1.29, 1.82) is 0 Å². The third-order valence-corrected chi connectivity index (χ3v) is 6.95. The van der Waals surface area contributed by atoms with Crippen molar-refractivity contribution in [2.75, 3.05) is 0 Å². The van der Waals surface area contributed by atoms with E-state index in [-0.39, 0.29) is 18.1 Å². The van der Waals surface area contributed by atoms with E-state index in [0.29, 0.717) is 22.2 Å². The fourth-order valence-electron chi connectivity index (χ4n) is 4.45. The molecule has 3 atom stereocenters. The van der Waals surface area contributed by atoms with Crippen LogP contribution in [0.25, 0.3) is 0 Å². The van der Waals surface area contributed by atoms with Crippen molar-refractivity contribution in [3.8, 4) is 0 Å². The normalized spacial score (nSPS) is 22.7. The van der Waals surface area contributed by atoms with Crippen molar-refractivity contribution >= 4 is 27.9 Å². The predicted octanol–water partition coefficient (Wildman–Crippen LogP) is 6.56. The van der Waals surface area contributed by atoms with Gasteiger partial charge in [-0.1, -0.05) is 34.2 Å². The Morgan fingerprint density at radius 2 is 1.69 bits per heavy atom. The van der Waals surface area contributed by atoms with Crippen molar-refractivity contribution < 1.29 is 41.0 Å². The van der Waals surface area contributed by atoms with Crippen LogP contribution in [0.4, 0.5) is 31.1 Å². The molecule has 0 spiro atoms. The minimum atomic E-state index is -5.02. The number of carbonyl (C=O) groups excluding carboxylic acids is 1. The predicted molar refractivity (Wildman–Crippen MR) is 118 cm³/mol. The molecule has 2 amide bonds. The highest BCUT2D eigenvalue weighted by atomic mass is 79.9. The molecule has 0 bridgehead atoms. The number of benzene rings is 1. The average Bonchev–Trinajstić information content (AvgIpc) is 2.93. The molecule has 3 unspecified atom stereocenters. The molecule has 0 radical (unpaired) electrons. The molecule has 0 saturated heterocycles. The first-order chi connectivity index (χ1) is 16.1. The number of rotatable bonds is 3. The van der Waals surface area contributed by atoms with Gasteiger partial charge < -0.3 is 10.0 Å². The van der Waals surface area contributed by atoms with Crippen LogP contribution in [0.15, 0.2) is 52.7 Å². The van der Waals surface area contributed by atoms with E-state index in [4.69, 9.17) is 0 Å². The summed E-state index contributed by atoms with van der Waals surface area (Å²) in [4.78, 5) is 26.8. The second-order valence-electron chi connectivity index (χ2n) is 8.35. The van der Waals surface area contributed by atoms with E-state index >= 15 is 0 Å². The minimum Gasteiger partial charge on any atom is -0.465 e. The number of hydrogen-bond donors (Lipinski definition) is 1. The van der Waals surface area contributed by atoms with E-state index in [1.54, 1.807) is 19.1 Å². The molecule has 12 heteroatoms. The number of alkyl halides is 6. The molecule has 0 fully saturated rings. The van der Waals surface area contributed by atoms with Crippen molar-refractivity contribution in [3.05, 3.63) is 69.4 Å². The molecule has 1 heterocycles. The van der Waals surface area contributed by atoms with Crippen molar-refractivity contribution in [1.82, 2.24) is 9.80 Å². The van der Waals surface area contributed by atoms with E-state index in [1.807, 2.05) is 0 Å². The number of halogens is 7. The van der Waals surface area contributed by atoms with Gasteiger partial charge in [0.25, 0.3) is 0 Å². The summed E-state index contributed by atoms with van der Waals surface area (Å²) in [5.74, 6) is -1.17. The van der Waals surface area contributed by atoms with Gasteiger partial charge in [-0.25, -0.2) is 4.79 Å². The Bertz CT molecular complexity index is 1080. The van der Waals surface area contributed by atoms with Gasteiger partial charge >= 0.3 is 18.4 Å². The highest BCUT2D eigenvalue weighted by Gasteiger charge is 2.42. The lowest BCUT2D eigenvalue weighted by Gasteiger charge is -2.41. The van der Waals surface area contributed by atoms with E-state index in [9.17, 15) is 41.0 Å². The van der Waals surface area contributed by atoms with Crippen molar-refractivity contribution in [2.24, 2.45) is 5.92 Å². The summed E-state index contributed by atoms with van der Waals surface area (Å²) in [6, 6.07) is -0.237. The van der Waals surface area contributed by atoms with Gasteiger partial charge in [0, 0.05) is 36.1 Å². The van der Waals surface area contributed by atoms with E-state index in [2.05, 4.69) is 15.9 Å². The Balaban J connectivity index is 2.06. The van der Waals surface area contributed by atoms with Gasteiger partial charge in [-0.15, -0.1) is 0 Å². The van der Waals surface area contributed by atoms with Gasteiger partial charge in [0.1, 0.15) is 0 Å². The molecule has 5 nitrogen and oxygen atoms in total.